The number of nitrogens with one attached hydrogen (secondary N) is 1. The minimum Gasteiger partial charge on any atom is -0.477 e. The molecule has 28 heavy (non-hydrogen) atoms. The van der Waals surface area contributed by atoms with Crippen LogP contribution in [0.1, 0.15) is 52.1 Å². The number of nitrogens with zero attached hydrogens (tertiary/aromatic N) is 1. The molecule has 0 saturated heterocycles. The molecule has 2 N–H and O–H groups in total. The lowest BCUT2D eigenvalue weighted by Crippen LogP contribution is -2.35. The summed E-state index contributed by atoms with van der Waals surface area (Å²) in [4.78, 5) is 13.4. The number of carbonyl (C=O) groups is 1. The Bertz CT molecular complexity index is 967. The highest BCUT2D eigenvalue weighted by atomic mass is 32.1. The van der Waals surface area contributed by atoms with Crippen molar-refractivity contribution in [1.29, 1.82) is 0 Å². The van der Waals surface area contributed by atoms with E-state index in [1.54, 1.807) is 11.3 Å². The second-order valence-electron chi connectivity index (χ2n) is 7.65. The molecule has 2 heterocycles. The van der Waals surface area contributed by atoms with E-state index in [4.69, 9.17) is 0 Å². The molecule has 0 bridgehead atoms. The summed E-state index contributed by atoms with van der Waals surface area (Å²) in [7, 11) is 0. The van der Waals surface area contributed by atoms with Gasteiger partial charge in [0.1, 0.15) is 5.69 Å². The summed E-state index contributed by atoms with van der Waals surface area (Å²) in [6.45, 7) is 5.27. The zero-order valence-electron chi connectivity index (χ0n) is 16.4. The molecule has 1 fully saturated rings. The van der Waals surface area contributed by atoms with Crippen molar-refractivity contribution in [1.82, 2.24) is 9.88 Å². The standard InChI is InChI=1S/C23H26N2O2S/c1-15-8-10-17(11-9-15)14-25-16(2)21(20-7-4-12-28-20)19(22(25)23(26)27)13-24-18-5-3-6-18/h4,7-12,18,24H,3,5-6,13-14H2,1-2H3,(H,26,27). The first kappa shape index (κ1) is 19.0. The summed E-state index contributed by atoms with van der Waals surface area (Å²) in [6.07, 6.45) is 3.62. The largest absolute Gasteiger partial charge is 0.477 e. The number of carboxylic acids is 1. The number of thiophene rings is 1. The van der Waals surface area contributed by atoms with E-state index in [9.17, 15) is 9.90 Å². The van der Waals surface area contributed by atoms with Crippen molar-refractivity contribution in [2.75, 3.05) is 0 Å². The van der Waals surface area contributed by atoms with E-state index >= 15 is 0 Å². The molecule has 1 aromatic carbocycles. The second kappa shape index (κ2) is 7.94. The van der Waals surface area contributed by atoms with Gasteiger partial charge in [-0.3, -0.25) is 0 Å². The molecule has 0 aliphatic heterocycles. The maximum atomic E-state index is 12.3. The Labute approximate surface area is 169 Å². The van der Waals surface area contributed by atoms with Gasteiger partial charge in [0.05, 0.1) is 0 Å². The van der Waals surface area contributed by atoms with Crippen molar-refractivity contribution < 1.29 is 9.90 Å². The first-order valence-electron chi connectivity index (χ1n) is 9.82. The van der Waals surface area contributed by atoms with Gasteiger partial charge in [-0.2, -0.15) is 0 Å². The zero-order valence-corrected chi connectivity index (χ0v) is 17.2. The maximum absolute atomic E-state index is 12.3. The Hall–Kier alpha value is -2.37. The molecule has 4 rings (SSSR count). The van der Waals surface area contributed by atoms with Gasteiger partial charge in [0.15, 0.2) is 0 Å². The lowest BCUT2D eigenvalue weighted by atomic mass is 9.93. The van der Waals surface area contributed by atoms with E-state index in [1.807, 2.05) is 17.6 Å². The molecule has 5 heteroatoms. The van der Waals surface area contributed by atoms with E-state index in [0.717, 1.165) is 27.3 Å². The van der Waals surface area contributed by atoms with Gasteiger partial charge in [0.2, 0.25) is 0 Å². The minimum absolute atomic E-state index is 0.410. The highest BCUT2D eigenvalue weighted by Crippen LogP contribution is 2.36. The number of aryl methyl sites for hydroxylation is 1. The average molecular weight is 395 g/mol. The zero-order chi connectivity index (χ0) is 19.7. The van der Waals surface area contributed by atoms with Crippen LogP contribution in [-0.2, 0) is 13.1 Å². The Morgan fingerprint density at radius 2 is 1.96 bits per heavy atom. The number of benzene rings is 1. The lowest BCUT2D eigenvalue weighted by Gasteiger charge is -2.26. The Morgan fingerprint density at radius 3 is 2.54 bits per heavy atom. The molecule has 0 unspecified atom stereocenters. The molecule has 0 atom stereocenters. The van der Waals surface area contributed by atoms with Crippen LogP contribution < -0.4 is 5.32 Å². The van der Waals surface area contributed by atoms with Gasteiger partial charge in [-0.05, 0) is 43.7 Å². The molecule has 1 aliphatic rings. The van der Waals surface area contributed by atoms with Crippen LogP contribution in [0.3, 0.4) is 0 Å². The van der Waals surface area contributed by atoms with Crippen molar-refractivity contribution in [3.8, 4) is 10.4 Å². The van der Waals surface area contributed by atoms with Crippen molar-refractivity contribution in [2.24, 2.45) is 0 Å². The van der Waals surface area contributed by atoms with Crippen molar-refractivity contribution in [3.63, 3.8) is 0 Å². The molecule has 0 spiro atoms. The fourth-order valence-corrected chi connectivity index (χ4v) is 4.75. The molecule has 1 saturated carbocycles. The molecule has 4 nitrogen and oxygen atoms in total. The molecule has 1 aliphatic carbocycles. The van der Waals surface area contributed by atoms with E-state index < -0.39 is 5.97 Å². The van der Waals surface area contributed by atoms with Crippen molar-refractivity contribution in [2.45, 2.75) is 52.2 Å². The first-order valence-corrected chi connectivity index (χ1v) is 10.7. The summed E-state index contributed by atoms with van der Waals surface area (Å²) in [5.74, 6) is -0.858. The number of aromatic carboxylic acids is 1. The summed E-state index contributed by atoms with van der Waals surface area (Å²) >= 11 is 1.67. The Morgan fingerprint density at radius 1 is 1.21 bits per heavy atom. The SMILES string of the molecule is Cc1ccc(Cn2c(C)c(-c3cccs3)c(CNC3CCC3)c2C(=O)O)cc1. The van der Waals surface area contributed by atoms with Crippen LogP contribution in [0.2, 0.25) is 0 Å². The van der Waals surface area contributed by atoms with Crippen LogP contribution in [0.5, 0.6) is 0 Å². The second-order valence-corrected chi connectivity index (χ2v) is 8.60. The maximum Gasteiger partial charge on any atom is 0.352 e. The van der Waals surface area contributed by atoms with Crippen LogP contribution in [0, 0.1) is 13.8 Å². The smallest absolute Gasteiger partial charge is 0.352 e. The summed E-state index contributed by atoms with van der Waals surface area (Å²) in [5.41, 5.74) is 5.73. The summed E-state index contributed by atoms with van der Waals surface area (Å²) in [6, 6.07) is 12.9. The number of carboxylic acid groups (broad SMARTS) is 1. The van der Waals surface area contributed by atoms with Crippen LogP contribution in [0.25, 0.3) is 10.4 Å². The third-order valence-corrected chi connectivity index (χ3v) is 6.62. The van der Waals surface area contributed by atoms with Crippen LogP contribution in [0.4, 0.5) is 0 Å². The topological polar surface area (TPSA) is 54.3 Å². The molecule has 0 radical (unpaired) electrons. The van der Waals surface area contributed by atoms with E-state index in [-0.39, 0.29) is 0 Å². The van der Waals surface area contributed by atoms with Gasteiger partial charge in [-0.15, -0.1) is 11.3 Å². The monoisotopic (exact) mass is 394 g/mol. The van der Waals surface area contributed by atoms with Gasteiger partial charge in [0.25, 0.3) is 0 Å². The normalized spacial score (nSPS) is 14.2. The van der Waals surface area contributed by atoms with E-state index in [2.05, 4.69) is 48.0 Å². The third kappa shape index (κ3) is 3.64. The molecule has 2 aromatic heterocycles. The fraction of sp³-hybridized carbons (Fsp3) is 0.348. The summed E-state index contributed by atoms with van der Waals surface area (Å²) < 4.78 is 1.97. The van der Waals surface area contributed by atoms with Crippen molar-refractivity contribution in [3.05, 3.63) is 69.9 Å². The number of hydrogen-bond donors (Lipinski definition) is 2. The lowest BCUT2D eigenvalue weighted by molar-refractivity contribution is 0.0683. The van der Waals surface area contributed by atoms with Gasteiger partial charge in [0, 0.05) is 40.8 Å². The predicted molar refractivity (Wildman–Crippen MR) is 114 cm³/mol. The van der Waals surface area contributed by atoms with E-state index in [0.29, 0.717) is 24.8 Å². The minimum atomic E-state index is -0.858. The van der Waals surface area contributed by atoms with E-state index in [1.165, 1.54) is 24.8 Å². The van der Waals surface area contributed by atoms with Gasteiger partial charge < -0.3 is 15.0 Å². The molecule has 0 amide bonds. The Kier molecular flexibility index (Phi) is 5.38. The van der Waals surface area contributed by atoms with Crippen LogP contribution in [-0.4, -0.2) is 21.7 Å². The molecule has 3 aromatic rings. The highest BCUT2D eigenvalue weighted by Gasteiger charge is 2.27. The van der Waals surface area contributed by atoms with Crippen LogP contribution >= 0.6 is 11.3 Å². The fourth-order valence-electron chi connectivity index (χ4n) is 3.90. The van der Waals surface area contributed by atoms with Gasteiger partial charge in [-0.1, -0.05) is 42.3 Å². The molecule has 146 valence electrons. The summed E-state index contributed by atoms with van der Waals surface area (Å²) in [5, 5.41) is 15.7. The molecular formula is C23H26N2O2S. The Balaban J connectivity index is 1.79. The molecular weight excluding hydrogens is 368 g/mol. The highest BCUT2D eigenvalue weighted by molar-refractivity contribution is 7.13. The van der Waals surface area contributed by atoms with Crippen LogP contribution in [0.15, 0.2) is 41.8 Å². The van der Waals surface area contributed by atoms with Crippen molar-refractivity contribution >= 4 is 17.3 Å². The average Bonchev–Trinajstić information content (AvgIpc) is 3.23. The number of aromatic nitrogens is 1. The predicted octanol–water partition coefficient (Wildman–Crippen LogP) is 5.22. The number of rotatable bonds is 7. The van der Waals surface area contributed by atoms with Gasteiger partial charge in [-0.25, -0.2) is 4.79 Å². The number of hydrogen-bond acceptors (Lipinski definition) is 3. The first-order chi connectivity index (χ1) is 13.5. The third-order valence-electron chi connectivity index (χ3n) is 5.73. The van der Waals surface area contributed by atoms with Gasteiger partial charge >= 0.3 is 5.97 Å². The quantitative estimate of drug-likeness (QED) is 0.577.